The van der Waals surface area contributed by atoms with Crippen LogP contribution in [0, 0.1) is 11.7 Å². The molecule has 0 bridgehead atoms. The molecule has 0 heterocycles. The highest BCUT2D eigenvalue weighted by atomic mass is 19.1. The summed E-state index contributed by atoms with van der Waals surface area (Å²) in [7, 11) is 0. The monoisotopic (exact) mass is 269 g/mol. The van der Waals surface area contributed by atoms with E-state index in [0.29, 0.717) is 12.1 Å². The summed E-state index contributed by atoms with van der Waals surface area (Å²) in [5, 5.41) is 18.7. The van der Waals surface area contributed by atoms with Gasteiger partial charge < -0.3 is 10.2 Å². The first-order valence-corrected chi connectivity index (χ1v) is 6.25. The maximum Gasteiger partial charge on any atom is 0.317 e. The molecule has 0 aliphatic carbocycles. The molecule has 0 aliphatic heterocycles. The molecule has 2 N–H and O–H groups in total. The van der Waals surface area contributed by atoms with E-state index in [4.69, 9.17) is 5.11 Å². The van der Waals surface area contributed by atoms with Crippen LogP contribution in [-0.4, -0.2) is 34.2 Å². The summed E-state index contributed by atoms with van der Waals surface area (Å²) in [5.74, 6) is -1.13. The molecule has 0 fully saturated rings. The van der Waals surface area contributed by atoms with Gasteiger partial charge in [-0.1, -0.05) is 13.8 Å². The van der Waals surface area contributed by atoms with Crippen LogP contribution in [0.3, 0.4) is 0 Å². The van der Waals surface area contributed by atoms with E-state index in [-0.39, 0.29) is 24.3 Å². The minimum atomic E-state index is -0.941. The van der Waals surface area contributed by atoms with Crippen molar-refractivity contribution < 1.29 is 19.4 Å². The number of carboxylic acid groups (broad SMARTS) is 1. The Morgan fingerprint density at radius 2 is 2.00 bits per heavy atom. The molecule has 1 atom stereocenters. The number of halogens is 1. The SMILES string of the molecule is CC(C)CN(CC(=O)O)C(C)c1cc(F)ccc1O. The highest BCUT2D eigenvalue weighted by Gasteiger charge is 2.22. The molecule has 0 aromatic heterocycles. The Balaban J connectivity index is 3.00. The maximum atomic E-state index is 13.3. The van der Waals surface area contributed by atoms with Crippen molar-refractivity contribution in [2.45, 2.75) is 26.8 Å². The van der Waals surface area contributed by atoms with Crippen LogP contribution in [0.25, 0.3) is 0 Å². The van der Waals surface area contributed by atoms with E-state index in [2.05, 4.69) is 0 Å². The van der Waals surface area contributed by atoms with Crippen LogP contribution < -0.4 is 0 Å². The van der Waals surface area contributed by atoms with E-state index in [1.165, 1.54) is 18.2 Å². The molecular weight excluding hydrogens is 249 g/mol. The first-order valence-electron chi connectivity index (χ1n) is 6.25. The first-order chi connectivity index (χ1) is 8.81. The van der Waals surface area contributed by atoms with Gasteiger partial charge in [-0.25, -0.2) is 4.39 Å². The van der Waals surface area contributed by atoms with Gasteiger partial charge in [0.2, 0.25) is 0 Å². The standard InChI is InChI=1S/C14H20FNO3/c1-9(2)7-16(8-14(18)19)10(3)12-6-11(15)4-5-13(12)17/h4-6,9-10,17H,7-8H2,1-3H3,(H,18,19). The molecular formula is C14H20FNO3. The van der Waals surface area contributed by atoms with Gasteiger partial charge in [-0.2, -0.15) is 0 Å². The van der Waals surface area contributed by atoms with Crippen molar-refractivity contribution in [2.75, 3.05) is 13.1 Å². The Morgan fingerprint density at radius 3 is 2.53 bits per heavy atom. The molecule has 0 saturated heterocycles. The lowest BCUT2D eigenvalue weighted by Gasteiger charge is -2.29. The zero-order valence-electron chi connectivity index (χ0n) is 11.4. The molecule has 19 heavy (non-hydrogen) atoms. The highest BCUT2D eigenvalue weighted by molar-refractivity contribution is 5.69. The third-order valence-corrected chi connectivity index (χ3v) is 2.93. The maximum absolute atomic E-state index is 13.3. The lowest BCUT2D eigenvalue weighted by atomic mass is 10.0. The zero-order valence-corrected chi connectivity index (χ0v) is 11.4. The molecule has 1 unspecified atom stereocenters. The summed E-state index contributed by atoms with van der Waals surface area (Å²) in [6.07, 6.45) is 0. The van der Waals surface area contributed by atoms with Crippen molar-refractivity contribution in [1.82, 2.24) is 4.90 Å². The third-order valence-electron chi connectivity index (χ3n) is 2.93. The normalized spacial score (nSPS) is 12.9. The van der Waals surface area contributed by atoms with Crippen molar-refractivity contribution in [3.05, 3.63) is 29.6 Å². The Morgan fingerprint density at radius 1 is 1.37 bits per heavy atom. The van der Waals surface area contributed by atoms with E-state index in [0.717, 1.165) is 0 Å². The van der Waals surface area contributed by atoms with E-state index in [1.54, 1.807) is 11.8 Å². The Bertz CT molecular complexity index is 448. The number of carbonyl (C=O) groups is 1. The lowest BCUT2D eigenvalue weighted by Crippen LogP contribution is -2.35. The largest absolute Gasteiger partial charge is 0.508 e. The summed E-state index contributed by atoms with van der Waals surface area (Å²) < 4.78 is 13.3. The number of carboxylic acids is 1. The van der Waals surface area contributed by atoms with Gasteiger partial charge in [-0.15, -0.1) is 0 Å². The molecule has 1 aromatic rings. The van der Waals surface area contributed by atoms with Crippen molar-refractivity contribution in [3.63, 3.8) is 0 Å². The second-order valence-electron chi connectivity index (χ2n) is 5.10. The summed E-state index contributed by atoms with van der Waals surface area (Å²) >= 11 is 0. The lowest BCUT2D eigenvalue weighted by molar-refractivity contribution is -0.139. The molecule has 4 nitrogen and oxygen atoms in total. The average Bonchev–Trinajstić information content (AvgIpc) is 2.29. The molecule has 106 valence electrons. The second kappa shape index (κ2) is 6.52. The van der Waals surface area contributed by atoms with Crippen LogP contribution in [0.5, 0.6) is 5.75 Å². The van der Waals surface area contributed by atoms with Gasteiger partial charge in [-0.3, -0.25) is 9.69 Å². The molecule has 0 radical (unpaired) electrons. The summed E-state index contributed by atoms with van der Waals surface area (Å²) in [5.41, 5.74) is 0.405. The number of nitrogens with zero attached hydrogens (tertiary/aromatic N) is 1. The van der Waals surface area contributed by atoms with Crippen molar-refractivity contribution in [3.8, 4) is 5.75 Å². The van der Waals surface area contributed by atoms with E-state index in [9.17, 15) is 14.3 Å². The van der Waals surface area contributed by atoms with Crippen LogP contribution in [0.15, 0.2) is 18.2 Å². The fourth-order valence-corrected chi connectivity index (χ4v) is 2.06. The number of phenolic OH excluding ortho intramolecular Hbond substituents is 1. The number of phenols is 1. The predicted octanol–water partition coefficient (Wildman–Crippen LogP) is 2.63. The summed E-state index contributed by atoms with van der Waals surface area (Å²) in [6, 6.07) is 3.34. The van der Waals surface area contributed by atoms with Crippen LogP contribution in [-0.2, 0) is 4.79 Å². The number of hydrogen-bond acceptors (Lipinski definition) is 3. The molecule has 0 spiro atoms. The number of aliphatic carboxylic acids is 1. The van der Waals surface area contributed by atoms with Gasteiger partial charge >= 0.3 is 5.97 Å². The van der Waals surface area contributed by atoms with Gasteiger partial charge in [-0.05, 0) is 31.0 Å². The van der Waals surface area contributed by atoms with E-state index in [1.807, 2.05) is 13.8 Å². The van der Waals surface area contributed by atoms with Gasteiger partial charge in [0.1, 0.15) is 11.6 Å². The predicted molar refractivity (Wildman–Crippen MR) is 70.5 cm³/mol. The Kier molecular flexibility index (Phi) is 5.30. The van der Waals surface area contributed by atoms with Crippen LogP contribution in [0.4, 0.5) is 4.39 Å². The molecule has 1 aromatic carbocycles. The number of aromatic hydroxyl groups is 1. The Hall–Kier alpha value is -1.62. The van der Waals surface area contributed by atoms with Gasteiger partial charge in [0.15, 0.2) is 0 Å². The number of benzene rings is 1. The van der Waals surface area contributed by atoms with Gasteiger partial charge in [0.25, 0.3) is 0 Å². The van der Waals surface area contributed by atoms with Crippen LogP contribution in [0.1, 0.15) is 32.4 Å². The van der Waals surface area contributed by atoms with Gasteiger partial charge in [0.05, 0.1) is 6.54 Å². The van der Waals surface area contributed by atoms with E-state index >= 15 is 0 Å². The highest BCUT2D eigenvalue weighted by Crippen LogP contribution is 2.29. The second-order valence-corrected chi connectivity index (χ2v) is 5.10. The molecule has 0 amide bonds. The quantitative estimate of drug-likeness (QED) is 0.833. The van der Waals surface area contributed by atoms with Crippen molar-refractivity contribution >= 4 is 5.97 Å². The fraction of sp³-hybridized carbons (Fsp3) is 0.500. The third kappa shape index (κ3) is 4.52. The van der Waals surface area contributed by atoms with E-state index < -0.39 is 11.8 Å². The number of rotatable bonds is 6. The minimum absolute atomic E-state index is 0.0203. The molecule has 5 heteroatoms. The first kappa shape index (κ1) is 15.4. The fourth-order valence-electron chi connectivity index (χ4n) is 2.06. The topological polar surface area (TPSA) is 60.8 Å². The van der Waals surface area contributed by atoms with Gasteiger partial charge in [0, 0.05) is 18.2 Å². The average molecular weight is 269 g/mol. The van der Waals surface area contributed by atoms with Crippen LogP contribution in [0.2, 0.25) is 0 Å². The smallest absolute Gasteiger partial charge is 0.317 e. The summed E-state index contributed by atoms with van der Waals surface area (Å²) in [6.45, 7) is 6.14. The van der Waals surface area contributed by atoms with Crippen LogP contribution >= 0.6 is 0 Å². The molecule has 1 rings (SSSR count). The van der Waals surface area contributed by atoms with Crippen molar-refractivity contribution in [2.24, 2.45) is 5.92 Å². The van der Waals surface area contributed by atoms with Crippen molar-refractivity contribution in [1.29, 1.82) is 0 Å². The molecule has 0 aliphatic rings. The number of hydrogen-bond donors (Lipinski definition) is 2. The Labute approximate surface area is 112 Å². The molecule has 0 saturated carbocycles. The zero-order chi connectivity index (χ0) is 14.6. The summed E-state index contributed by atoms with van der Waals surface area (Å²) in [4.78, 5) is 12.6. The minimum Gasteiger partial charge on any atom is -0.508 e.